The number of hydrogen-bond donors (Lipinski definition) is 12. The van der Waals surface area contributed by atoms with E-state index in [-0.39, 0.29) is 43.2 Å². The molecule has 2 aliphatic rings. The van der Waals surface area contributed by atoms with Crippen LogP contribution in [0.4, 0.5) is 0 Å². The van der Waals surface area contributed by atoms with Crippen molar-refractivity contribution in [2.24, 2.45) is 29.0 Å². The number of nitrogens with one attached hydrogen (secondary N) is 7. The Bertz CT molecular complexity index is 2040. The average Bonchev–Trinajstić information content (AvgIpc) is 3.77. The molecule has 0 aromatic heterocycles. The van der Waals surface area contributed by atoms with E-state index in [4.69, 9.17) is 17.2 Å². The fourth-order valence-corrected chi connectivity index (χ4v) is 10.2. The van der Waals surface area contributed by atoms with Crippen LogP contribution in [0.1, 0.15) is 86.1 Å². The number of carbonyl (C=O) groups excluding carboxylic acids is 10. The number of phenols is 1. The molecule has 2 saturated heterocycles. The van der Waals surface area contributed by atoms with Crippen molar-refractivity contribution in [1.82, 2.24) is 42.1 Å². The summed E-state index contributed by atoms with van der Waals surface area (Å²) in [6, 6.07) is -5.34. The van der Waals surface area contributed by atoms with Gasteiger partial charge in [0, 0.05) is 23.5 Å². The van der Waals surface area contributed by atoms with Crippen LogP contribution in [0.15, 0.2) is 24.3 Å². The first-order chi connectivity index (χ1) is 32.2. The number of nitrogens with two attached hydrogens (primary N) is 3. The summed E-state index contributed by atoms with van der Waals surface area (Å²) < 4.78 is -1.15. The molecule has 69 heavy (non-hydrogen) atoms. The highest BCUT2D eigenvalue weighted by atomic mass is 33.1. The first-order valence-electron chi connectivity index (χ1n) is 22.7. The van der Waals surface area contributed by atoms with Gasteiger partial charge < -0.3 is 69.5 Å². The molecule has 15 N–H and O–H groups in total. The zero-order valence-corrected chi connectivity index (χ0v) is 41.6. The summed E-state index contributed by atoms with van der Waals surface area (Å²) in [6.07, 6.45) is -1.48. The third-order valence-electron chi connectivity index (χ3n) is 11.7. The molecule has 10 amide bonds. The largest absolute Gasteiger partial charge is 0.508 e. The molecule has 0 spiro atoms. The Kier molecular flexibility index (Phi) is 22.0. The molecule has 1 aromatic rings. The van der Waals surface area contributed by atoms with Crippen molar-refractivity contribution in [3.8, 4) is 5.75 Å². The minimum Gasteiger partial charge on any atom is -0.508 e. The predicted octanol–water partition coefficient (Wildman–Crippen LogP) is -2.71. The third-order valence-corrected chi connectivity index (χ3v) is 15.0. The Morgan fingerprint density at radius 2 is 1.43 bits per heavy atom. The molecule has 0 bridgehead atoms. The maximum atomic E-state index is 14.6. The van der Waals surface area contributed by atoms with E-state index in [1.807, 2.05) is 13.8 Å². The fraction of sp³-hybridized carbons (Fsp3) is 0.636. The van der Waals surface area contributed by atoms with Gasteiger partial charge in [-0.1, -0.05) is 67.8 Å². The quantitative estimate of drug-likeness (QED) is 0.0795. The van der Waals surface area contributed by atoms with Crippen molar-refractivity contribution in [2.75, 3.05) is 18.8 Å². The van der Waals surface area contributed by atoms with Gasteiger partial charge in [-0.2, -0.15) is 0 Å². The summed E-state index contributed by atoms with van der Waals surface area (Å²) in [4.78, 5) is 137. The smallest absolute Gasteiger partial charge is 0.246 e. The van der Waals surface area contributed by atoms with E-state index in [1.54, 1.807) is 39.8 Å². The number of likely N-dealkylation sites (tertiary alicyclic amines) is 1. The number of nitrogens with zero attached hydrogens (tertiary/aromatic N) is 1. The highest BCUT2D eigenvalue weighted by molar-refractivity contribution is 8.77. The van der Waals surface area contributed by atoms with E-state index < -0.39 is 137 Å². The van der Waals surface area contributed by atoms with Crippen molar-refractivity contribution < 1.29 is 58.2 Å². The molecule has 2 aliphatic heterocycles. The molecule has 1 aromatic carbocycles. The van der Waals surface area contributed by atoms with Crippen LogP contribution in [0, 0.1) is 11.8 Å². The van der Waals surface area contributed by atoms with Crippen LogP contribution in [0.2, 0.25) is 0 Å². The van der Waals surface area contributed by atoms with Gasteiger partial charge in [0.1, 0.15) is 48.0 Å². The molecule has 23 nitrogen and oxygen atoms in total. The third kappa shape index (κ3) is 17.4. The van der Waals surface area contributed by atoms with Gasteiger partial charge in [-0.25, -0.2) is 0 Å². The maximum absolute atomic E-state index is 14.6. The second kappa shape index (κ2) is 26.4. The van der Waals surface area contributed by atoms with Gasteiger partial charge >= 0.3 is 0 Å². The summed E-state index contributed by atoms with van der Waals surface area (Å²) in [7, 11) is 2.09. The zero-order chi connectivity index (χ0) is 51.9. The molecule has 0 saturated carbocycles. The Balaban J connectivity index is 2.09. The molecule has 3 rings (SSSR count). The number of benzene rings is 1. The van der Waals surface area contributed by atoms with E-state index in [0.717, 1.165) is 21.6 Å². The molecule has 384 valence electrons. The van der Waals surface area contributed by atoms with E-state index in [2.05, 4.69) is 37.2 Å². The summed E-state index contributed by atoms with van der Waals surface area (Å²) in [5.74, 6) is -9.57. The minimum absolute atomic E-state index is 0.0435. The molecule has 25 heteroatoms. The number of aliphatic hydroxyl groups is 1. The summed E-state index contributed by atoms with van der Waals surface area (Å²) >= 11 is 0. The molecule has 2 heterocycles. The standard InChI is InChI=1S/C44H69N11O12S2/c1-8-22(4)33-40(64)54-34(23(5)56)41(65)50-28(18-31(45)58)37(61)52-29(43(67)55-15-9-10-30(55)39(63)49-26(16-21(2)3)36(60)48-19-32(46)59)20-68-69-44(6,7)35(47)42(66)51-27(38(62)53-33)17-24-11-13-25(57)14-12-24/h11-14,21-23,26-30,33-35,56-57H,8-10,15-20,47H2,1-7H3,(H2,45,58)(H2,46,59)(H,48,60)(H,49,63)(H,50,65)(H,51,66)(H,52,61)(H,53,62)(H,54,64)/t22-,23+,26-,27-,28-,29-,30+,33?,34?,35-/m0/s1. The minimum atomic E-state index is -1.77. The molecule has 0 aliphatic carbocycles. The number of rotatable bonds is 15. The van der Waals surface area contributed by atoms with Crippen molar-refractivity contribution in [3.63, 3.8) is 0 Å². The first kappa shape index (κ1) is 57.7. The maximum Gasteiger partial charge on any atom is 0.246 e. The Hall–Kier alpha value is -5.66. The number of aliphatic hydroxyl groups excluding tert-OH is 1. The average molecular weight is 1010 g/mol. The molecular weight excluding hydrogens is 939 g/mol. The molecule has 0 radical (unpaired) electrons. The number of hydrogen-bond acceptors (Lipinski definition) is 15. The highest BCUT2D eigenvalue weighted by Crippen LogP contribution is 2.38. The van der Waals surface area contributed by atoms with Gasteiger partial charge in [0.2, 0.25) is 59.1 Å². The topological polar surface area (TPSA) is 377 Å². The Labute approximate surface area is 409 Å². The highest BCUT2D eigenvalue weighted by Gasteiger charge is 2.42. The zero-order valence-electron chi connectivity index (χ0n) is 40.0. The number of carbonyl (C=O) groups is 10. The fourth-order valence-electron chi connectivity index (χ4n) is 7.45. The van der Waals surface area contributed by atoms with Crippen LogP contribution >= 0.6 is 21.6 Å². The molecule has 2 unspecified atom stereocenters. The molecular formula is C44H69N11O12S2. The molecule has 2 fully saturated rings. The second-order valence-corrected chi connectivity index (χ2v) is 21.3. The number of aromatic hydroxyl groups is 1. The van der Waals surface area contributed by atoms with Crippen LogP contribution in [0.5, 0.6) is 5.75 Å². The monoisotopic (exact) mass is 1010 g/mol. The van der Waals surface area contributed by atoms with Crippen molar-refractivity contribution in [1.29, 1.82) is 0 Å². The summed E-state index contributed by atoms with van der Waals surface area (Å²) in [6.45, 7) is 11.1. The van der Waals surface area contributed by atoms with Crippen LogP contribution in [0.3, 0.4) is 0 Å². The van der Waals surface area contributed by atoms with E-state index in [0.29, 0.717) is 18.4 Å². The summed E-state index contributed by atoms with van der Waals surface area (Å²) in [5, 5.41) is 38.5. The Morgan fingerprint density at radius 3 is 2.01 bits per heavy atom. The lowest BCUT2D eigenvalue weighted by molar-refractivity contribution is -0.142. The lowest BCUT2D eigenvalue weighted by Crippen LogP contribution is -2.63. The van der Waals surface area contributed by atoms with Crippen LogP contribution in [-0.4, -0.2) is 152 Å². The SMILES string of the molecule is CC[C@H](C)C1NC(=O)[C@H](Cc2ccc(O)cc2)NC(=O)[C@H](N)C(C)(C)SSC[C@@H](C(=O)N2CCC[C@@H]2C(=O)N[C@@H](CC(C)C)C(=O)NCC(N)=O)NC(=O)[C@H](CC(N)=O)NC(=O)C([C@@H](C)O)NC1=O. The number of primary amides is 2. The van der Waals surface area contributed by atoms with Crippen LogP contribution in [-0.2, 0) is 54.4 Å². The Morgan fingerprint density at radius 1 is 0.841 bits per heavy atom. The van der Waals surface area contributed by atoms with Gasteiger partial charge in [0.05, 0.1) is 25.1 Å². The number of amides is 10. The van der Waals surface area contributed by atoms with Gasteiger partial charge in [-0.3, -0.25) is 47.9 Å². The lowest BCUT2D eigenvalue weighted by Gasteiger charge is -2.33. The summed E-state index contributed by atoms with van der Waals surface area (Å²) in [5.41, 5.74) is 17.8. The van der Waals surface area contributed by atoms with Crippen LogP contribution in [0.25, 0.3) is 0 Å². The van der Waals surface area contributed by atoms with E-state index in [9.17, 15) is 58.2 Å². The number of phenolic OH excluding ortho intramolecular Hbond substituents is 1. The second-order valence-electron chi connectivity index (χ2n) is 18.3. The van der Waals surface area contributed by atoms with E-state index >= 15 is 0 Å². The van der Waals surface area contributed by atoms with Crippen molar-refractivity contribution >= 4 is 80.7 Å². The lowest BCUT2D eigenvalue weighted by atomic mass is 9.96. The van der Waals surface area contributed by atoms with Crippen molar-refractivity contribution in [2.45, 2.75) is 146 Å². The predicted molar refractivity (Wildman–Crippen MR) is 257 cm³/mol. The van der Waals surface area contributed by atoms with Gasteiger partial charge in [-0.15, -0.1) is 0 Å². The molecule has 10 atom stereocenters. The van der Waals surface area contributed by atoms with Gasteiger partial charge in [0.25, 0.3) is 0 Å². The van der Waals surface area contributed by atoms with Gasteiger partial charge in [0.15, 0.2) is 0 Å². The van der Waals surface area contributed by atoms with Crippen molar-refractivity contribution in [3.05, 3.63) is 29.8 Å². The first-order valence-corrected chi connectivity index (χ1v) is 25.1. The van der Waals surface area contributed by atoms with Gasteiger partial charge in [-0.05, 0) is 69.6 Å². The van der Waals surface area contributed by atoms with E-state index in [1.165, 1.54) is 24.0 Å². The normalized spacial score (nSPS) is 25.6. The van der Waals surface area contributed by atoms with Crippen LogP contribution < -0.4 is 54.4 Å².